The fourth-order valence-corrected chi connectivity index (χ4v) is 1.19. The minimum atomic E-state index is 0.643. The number of thiocarbonyl (C=S) groups is 1. The van der Waals surface area contributed by atoms with E-state index in [1.807, 2.05) is 12.1 Å². The van der Waals surface area contributed by atoms with E-state index in [4.69, 9.17) is 17.0 Å². The molecule has 0 heterocycles. The molecule has 12 heavy (non-hydrogen) atoms. The van der Waals surface area contributed by atoms with Crippen molar-refractivity contribution >= 4 is 17.3 Å². The molecule has 0 atom stereocenters. The van der Waals surface area contributed by atoms with Crippen molar-refractivity contribution in [2.24, 2.45) is 0 Å². The molecule has 1 rings (SSSR count). The van der Waals surface area contributed by atoms with Gasteiger partial charge >= 0.3 is 0 Å². The highest BCUT2D eigenvalue weighted by atomic mass is 32.1. The van der Waals surface area contributed by atoms with Crippen molar-refractivity contribution < 1.29 is 4.74 Å². The highest BCUT2D eigenvalue weighted by Gasteiger charge is 2.00. The normalized spacial score (nSPS) is 9.50. The first-order valence-corrected chi connectivity index (χ1v) is 4.26. The maximum atomic E-state index is 4.97. The van der Waals surface area contributed by atoms with E-state index in [9.17, 15) is 0 Å². The van der Waals surface area contributed by atoms with Crippen molar-refractivity contribution in [2.75, 3.05) is 7.11 Å². The molecule has 0 amide bonds. The standard InChI is InChI=1S/C10H12OS/c1-8-5-3-4-6-9(8)7-10(12)11-2/h3-6H,7H2,1-2H3. The summed E-state index contributed by atoms with van der Waals surface area (Å²) in [7, 11) is 1.61. The number of methoxy groups -OCH3 is 1. The first-order valence-electron chi connectivity index (χ1n) is 3.85. The van der Waals surface area contributed by atoms with Gasteiger partial charge in [0.05, 0.1) is 7.11 Å². The Morgan fingerprint density at radius 1 is 1.42 bits per heavy atom. The van der Waals surface area contributed by atoms with Crippen LogP contribution in [0.3, 0.4) is 0 Å². The molecule has 0 saturated carbocycles. The Kier molecular flexibility index (Phi) is 3.23. The second-order valence-corrected chi connectivity index (χ2v) is 3.13. The number of hydrogen-bond acceptors (Lipinski definition) is 2. The summed E-state index contributed by atoms with van der Waals surface area (Å²) < 4.78 is 4.94. The van der Waals surface area contributed by atoms with Gasteiger partial charge in [-0.2, -0.15) is 0 Å². The molecule has 0 fully saturated rings. The lowest BCUT2D eigenvalue weighted by atomic mass is 10.1. The number of hydrogen-bond donors (Lipinski definition) is 0. The van der Waals surface area contributed by atoms with Crippen molar-refractivity contribution in [1.29, 1.82) is 0 Å². The van der Waals surface area contributed by atoms with Crippen LogP contribution in [0.2, 0.25) is 0 Å². The van der Waals surface area contributed by atoms with Crippen LogP contribution in [0.4, 0.5) is 0 Å². The molecule has 0 aliphatic rings. The number of aryl methyl sites for hydroxylation is 1. The largest absolute Gasteiger partial charge is 0.490 e. The molecular formula is C10H12OS. The van der Waals surface area contributed by atoms with Crippen molar-refractivity contribution in [3.8, 4) is 0 Å². The zero-order chi connectivity index (χ0) is 8.97. The molecule has 0 aliphatic carbocycles. The van der Waals surface area contributed by atoms with Crippen molar-refractivity contribution in [3.05, 3.63) is 35.4 Å². The zero-order valence-electron chi connectivity index (χ0n) is 7.33. The molecule has 1 aromatic rings. The molecule has 0 saturated heterocycles. The average molecular weight is 180 g/mol. The third kappa shape index (κ3) is 2.31. The average Bonchev–Trinajstić information content (AvgIpc) is 2.09. The Labute approximate surface area is 78.4 Å². The van der Waals surface area contributed by atoms with Gasteiger partial charge in [-0.1, -0.05) is 24.3 Å². The summed E-state index contributed by atoms with van der Waals surface area (Å²) in [5.41, 5.74) is 2.50. The number of rotatable bonds is 2. The molecule has 0 aromatic heterocycles. The predicted molar refractivity (Wildman–Crippen MR) is 54.5 cm³/mol. The van der Waals surface area contributed by atoms with Gasteiger partial charge in [-0.25, -0.2) is 0 Å². The molecule has 0 aliphatic heterocycles. The summed E-state index contributed by atoms with van der Waals surface area (Å²) in [5.74, 6) is 0. The molecule has 0 radical (unpaired) electrons. The molecule has 0 N–H and O–H groups in total. The Balaban J connectivity index is 2.75. The van der Waals surface area contributed by atoms with Gasteiger partial charge in [-0.15, -0.1) is 0 Å². The smallest absolute Gasteiger partial charge is 0.163 e. The molecule has 0 bridgehead atoms. The lowest BCUT2D eigenvalue weighted by Gasteiger charge is -2.04. The van der Waals surface area contributed by atoms with E-state index < -0.39 is 0 Å². The highest BCUT2D eigenvalue weighted by molar-refractivity contribution is 7.80. The molecule has 0 spiro atoms. The van der Waals surface area contributed by atoms with Gasteiger partial charge < -0.3 is 4.74 Å². The first-order chi connectivity index (χ1) is 5.74. The summed E-state index contributed by atoms with van der Waals surface area (Å²) in [5, 5.41) is 0.643. The molecule has 64 valence electrons. The van der Waals surface area contributed by atoms with E-state index >= 15 is 0 Å². The van der Waals surface area contributed by atoms with E-state index in [1.165, 1.54) is 11.1 Å². The Bertz CT molecular complexity index is 281. The Morgan fingerprint density at radius 2 is 2.08 bits per heavy atom. The second-order valence-electron chi connectivity index (χ2n) is 2.68. The summed E-state index contributed by atoms with van der Waals surface area (Å²) >= 11 is 4.97. The van der Waals surface area contributed by atoms with Gasteiger partial charge in [0, 0.05) is 6.42 Å². The van der Waals surface area contributed by atoms with E-state index in [2.05, 4.69) is 19.1 Å². The third-order valence-electron chi connectivity index (χ3n) is 1.82. The zero-order valence-corrected chi connectivity index (χ0v) is 8.15. The molecule has 1 nitrogen and oxygen atoms in total. The van der Waals surface area contributed by atoms with Crippen LogP contribution in [0, 0.1) is 6.92 Å². The maximum absolute atomic E-state index is 4.97. The van der Waals surface area contributed by atoms with Gasteiger partial charge in [0.25, 0.3) is 0 Å². The predicted octanol–water partition coefficient (Wildman–Crippen LogP) is 2.51. The SMILES string of the molecule is COC(=S)Cc1ccccc1C. The van der Waals surface area contributed by atoms with Crippen LogP contribution < -0.4 is 0 Å². The quantitative estimate of drug-likeness (QED) is 0.647. The highest BCUT2D eigenvalue weighted by Crippen LogP contribution is 2.08. The van der Waals surface area contributed by atoms with Crippen LogP contribution in [0.25, 0.3) is 0 Å². The lowest BCUT2D eigenvalue weighted by molar-refractivity contribution is 0.406. The lowest BCUT2D eigenvalue weighted by Crippen LogP contribution is -2.02. The second kappa shape index (κ2) is 4.21. The van der Waals surface area contributed by atoms with E-state index in [1.54, 1.807) is 7.11 Å². The minimum absolute atomic E-state index is 0.643. The van der Waals surface area contributed by atoms with Crippen molar-refractivity contribution in [3.63, 3.8) is 0 Å². The topological polar surface area (TPSA) is 9.23 Å². The minimum Gasteiger partial charge on any atom is -0.490 e. The van der Waals surface area contributed by atoms with Crippen LogP contribution in [0.5, 0.6) is 0 Å². The van der Waals surface area contributed by atoms with Crippen LogP contribution in [-0.2, 0) is 11.2 Å². The van der Waals surface area contributed by atoms with Gasteiger partial charge in [-0.05, 0) is 30.3 Å². The number of ether oxygens (including phenoxy) is 1. The Hall–Kier alpha value is -0.890. The summed E-state index contributed by atoms with van der Waals surface area (Å²) in [6.07, 6.45) is 0.735. The van der Waals surface area contributed by atoms with Crippen LogP contribution in [0.15, 0.2) is 24.3 Å². The third-order valence-corrected chi connectivity index (χ3v) is 2.13. The van der Waals surface area contributed by atoms with Crippen molar-refractivity contribution in [1.82, 2.24) is 0 Å². The van der Waals surface area contributed by atoms with E-state index in [0.717, 1.165) is 6.42 Å². The van der Waals surface area contributed by atoms with Crippen LogP contribution in [0.1, 0.15) is 11.1 Å². The molecular weight excluding hydrogens is 168 g/mol. The molecule has 0 unspecified atom stereocenters. The van der Waals surface area contributed by atoms with Crippen molar-refractivity contribution in [2.45, 2.75) is 13.3 Å². The maximum Gasteiger partial charge on any atom is 0.163 e. The van der Waals surface area contributed by atoms with Crippen LogP contribution >= 0.6 is 12.2 Å². The van der Waals surface area contributed by atoms with E-state index in [0.29, 0.717) is 5.05 Å². The summed E-state index contributed by atoms with van der Waals surface area (Å²) in [4.78, 5) is 0. The van der Waals surface area contributed by atoms with Gasteiger partial charge in [0.1, 0.15) is 0 Å². The summed E-state index contributed by atoms with van der Waals surface area (Å²) in [6.45, 7) is 2.08. The monoisotopic (exact) mass is 180 g/mol. The van der Waals surface area contributed by atoms with E-state index in [-0.39, 0.29) is 0 Å². The summed E-state index contributed by atoms with van der Waals surface area (Å²) in [6, 6.07) is 8.18. The fraction of sp³-hybridized carbons (Fsp3) is 0.300. The fourth-order valence-electron chi connectivity index (χ4n) is 1.04. The molecule has 1 aromatic carbocycles. The first kappa shape index (κ1) is 9.20. The van der Waals surface area contributed by atoms with Gasteiger partial charge in [0.2, 0.25) is 0 Å². The number of benzene rings is 1. The Morgan fingerprint density at radius 3 is 2.67 bits per heavy atom. The van der Waals surface area contributed by atoms with Gasteiger partial charge in [0.15, 0.2) is 5.05 Å². The molecule has 2 heteroatoms. The van der Waals surface area contributed by atoms with Gasteiger partial charge in [-0.3, -0.25) is 0 Å². The van der Waals surface area contributed by atoms with Crippen LogP contribution in [-0.4, -0.2) is 12.2 Å².